The third-order valence-corrected chi connectivity index (χ3v) is 3.59. The van der Waals surface area contributed by atoms with Crippen LogP contribution in [0, 0.1) is 11.3 Å². The van der Waals surface area contributed by atoms with Gasteiger partial charge >= 0.3 is 0 Å². The number of nitrogens with zero attached hydrogens (tertiary/aromatic N) is 3. The van der Waals surface area contributed by atoms with Gasteiger partial charge in [0.1, 0.15) is 11.6 Å². The molecule has 0 spiro atoms. The Morgan fingerprint density at radius 1 is 1.60 bits per heavy atom. The Kier molecular flexibility index (Phi) is 4.98. The van der Waals surface area contributed by atoms with Crippen molar-refractivity contribution >= 4 is 23.3 Å². The maximum absolute atomic E-state index is 9.35. The molecule has 0 aromatic carbocycles. The summed E-state index contributed by atoms with van der Waals surface area (Å²) in [5.74, 6) is 0.511. The first-order valence-corrected chi connectivity index (χ1v) is 7.14. The minimum absolute atomic E-state index is 0.511. The van der Waals surface area contributed by atoms with E-state index < -0.39 is 0 Å². The van der Waals surface area contributed by atoms with Crippen LogP contribution in [0.25, 0.3) is 5.57 Å². The molecule has 0 amide bonds. The second kappa shape index (κ2) is 6.93. The molecule has 2 rings (SSSR count). The summed E-state index contributed by atoms with van der Waals surface area (Å²) >= 11 is 1.49. The molecule has 0 unspecified atom stereocenters. The lowest BCUT2D eigenvalue weighted by Crippen LogP contribution is -2.11. The van der Waals surface area contributed by atoms with Crippen molar-refractivity contribution in [2.24, 2.45) is 5.73 Å². The van der Waals surface area contributed by atoms with E-state index in [9.17, 15) is 5.26 Å². The van der Waals surface area contributed by atoms with E-state index in [-0.39, 0.29) is 0 Å². The number of aromatic nitrogens is 2. The molecule has 104 valence electrons. The second-order valence-corrected chi connectivity index (χ2v) is 5.07. The van der Waals surface area contributed by atoms with Crippen LogP contribution < -0.4 is 16.4 Å². The first-order valence-electron chi connectivity index (χ1n) is 6.26. The minimum Gasteiger partial charge on any atom is -0.354 e. The van der Waals surface area contributed by atoms with Gasteiger partial charge in [0.25, 0.3) is 0 Å². The van der Waals surface area contributed by atoms with Crippen LogP contribution >= 0.6 is 11.8 Å². The summed E-state index contributed by atoms with van der Waals surface area (Å²) in [6.45, 7) is 3.28. The molecule has 7 heteroatoms. The van der Waals surface area contributed by atoms with Gasteiger partial charge in [0.2, 0.25) is 5.95 Å². The summed E-state index contributed by atoms with van der Waals surface area (Å²) in [7, 11) is 0. The average Bonchev–Trinajstić information content (AvgIpc) is 2.87. The lowest BCUT2D eigenvalue weighted by molar-refractivity contribution is 0.863. The summed E-state index contributed by atoms with van der Waals surface area (Å²) in [5.41, 5.74) is 7.59. The summed E-state index contributed by atoms with van der Waals surface area (Å²) in [6.07, 6.45) is 2.49. The fraction of sp³-hybridized carbons (Fsp3) is 0.308. The van der Waals surface area contributed by atoms with Crippen LogP contribution in [0.3, 0.4) is 0 Å². The molecule has 0 fully saturated rings. The maximum Gasteiger partial charge on any atom is 0.223 e. The van der Waals surface area contributed by atoms with Gasteiger partial charge in [0.05, 0.1) is 10.7 Å². The molecular weight excluding hydrogens is 272 g/mol. The van der Waals surface area contributed by atoms with E-state index in [2.05, 4.69) is 26.7 Å². The summed E-state index contributed by atoms with van der Waals surface area (Å²) in [6, 6.07) is 3.93. The van der Waals surface area contributed by atoms with Gasteiger partial charge in [-0.1, -0.05) is 11.8 Å². The van der Waals surface area contributed by atoms with Crippen molar-refractivity contribution in [2.75, 3.05) is 18.4 Å². The summed E-state index contributed by atoms with van der Waals surface area (Å²) in [5, 5.41) is 18.4. The van der Waals surface area contributed by atoms with Crippen LogP contribution in [-0.4, -0.2) is 23.1 Å². The highest BCUT2D eigenvalue weighted by Gasteiger charge is 2.15. The van der Waals surface area contributed by atoms with Gasteiger partial charge in [0.15, 0.2) is 0 Å². The highest BCUT2D eigenvalue weighted by molar-refractivity contribution is 8.06. The van der Waals surface area contributed by atoms with E-state index in [1.165, 1.54) is 11.8 Å². The van der Waals surface area contributed by atoms with E-state index in [1.54, 1.807) is 12.3 Å². The first-order chi connectivity index (χ1) is 9.74. The van der Waals surface area contributed by atoms with E-state index in [4.69, 9.17) is 5.73 Å². The predicted octanol–water partition coefficient (Wildman–Crippen LogP) is 1.63. The SMILES string of the molecule is CC1=CS/C(=C(/C#N)c2ccnc(NCCCN)n2)N1. The monoisotopic (exact) mass is 288 g/mol. The van der Waals surface area contributed by atoms with E-state index in [0.717, 1.165) is 17.1 Å². The van der Waals surface area contributed by atoms with Gasteiger partial charge in [-0.05, 0) is 31.4 Å². The molecule has 1 aromatic heterocycles. The van der Waals surface area contributed by atoms with Crippen LogP contribution in [0.2, 0.25) is 0 Å². The fourth-order valence-corrected chi connectivity index (χ4v) is 2.46. The number of allylic oxidation sites excluding steroid dienone is 2. The van der Waals surface area contributed by atoms with Crippen molar-refractivity contribution in [1.29, 1.82) is 5.26 Å². The first kappa shape index (κ1) is 14.4. The standard InChI is InChI=1S/C13H16N6S/c1-9-8-20-12(18-9)10(7-15)11-3-6-17-13(19-11)16-5-2-4-14/h3,6,8,18H,2,4-5,14H2,1H3,(H,16,17,19)/b12-10-. The molecular formula is C13H16N6S. The topological polar surface area (TPSA) is 99.7 Å². The zero-order valence-corrected chi connectivity index (χ0v) is 12.0. The van der Waals surface area contributed by atoms with Gasteiger partial charge in [-0.15, -0.1) is 0 Å². The predicted molar refractivity (Wildman–Crippen MR) is 81.2 cm³/mol. The smallest absolute Gasteiger partial charge is 0.223 e. The molecule has 20 heavy (non-hydrogen) atoms. The number of nitrogens with two attached hydrogens (primary N) is 1. The Bertz CT molecular complexity index is 587. The average molecular weight is 288 g/mol. The molecule has 0 radical (unpaired) electrons. The molecule has 0 aliphatic carbocycles. The quantitative estimate of drug-likeness (QED) is 0.559. The molecule has 2 heterocycles. The summed E-state index contributed by atoms with van der Waals surface area (Å²) in [4.78, 5) is 8.50. The highest BCUT2D eigenvalue weighted by atomic mass is 32.2. The number of rotatable bonds is 5. The minimum atomic E-state index is 0.511. The number of nitriles is 1. The Morgan fingerprint density at radius 2 is 2.45 bits per heavy atom. The van der Waals surface area contributed by atoms with Crippen LogP contribution in [0.5, 0.6) is 0 Å². The lowest BCUT2D eigenvalue weighted by atomic mass is 10.2. The third-order valence-electron chi connectivity index (χ3n) is 2.58. The fourth-order valence-electron chi connectivity index (χ4n) is 1.62. The second-order valence-electron chi connectivity index (χ2n) is 4.19. The number of nitrogens with one attached hydrogen (secondary N) is 2. The molecule has 6 nitrogen and oxygen atoms in total. The van der Waals surface area contributed by atoms with Crippen molar-refractivity contribution < 1.29 is 0 Å². The molecule has 0 saturated carbocycles. The van der Waals surface area contributed by atoms with E-state index >= 15 is 0 Å². The Labute approximate surface area is 122 Å². The molecule has 0 bridgehead atoms. The number of hydrogen-bond donors (Lipinski definition) is 3. The van der Waals surface area contributed by atoms with Crippen LogP contribution in [-0.2, 0) is 0 Å². The van der Waals surface area contributed by atoms with Crippen molar-refractivity contribution in [3.05, 3.63) is 34.1 Å². The van der Waals surface area contributed by atoms with E-state index in [0.29, 0.717) is 30.3 Å². The Balaban J connectivity index is 2.19. The zero-order valence-electron chi connectivity index (χ0n) is 11.2. The molecule has 0 atom stereocenters. The molecule has 1 aromatic rings. The molecule has 4 N–H and O–H groups in total. The van der Waals surface area contributed by atoms with Gasteiger partial charge in [0, 0.05) is 18.4 Å². The zero-order chi connectivity index (χ0) is 14.4. The molecule has 1 aliphatic heterocycles. The van der Waals surface area contributed by atoms with Crippen molar-refractivity contribution in [3.63, 3.8) is 0 Å². The summed E-state index contributed by atoms with van der Waals surface area (Å²) < 4.78 is 0. The van der Waals surface area contributed by atoms with Crippen LogP contribution in [0.1, 0.15) is 19.0 Å². The van der Waals surface area contributed by atoms with Crippen molar-refractivity contribution in [2.45, 2.75) is 13.3 Å². The van der Waals surface area contributed by atoms with Crippen molar-refractivity contribution in [3.8, 4) is 6.07 Å². The van der Waals surface area contributed by atoms with Crippen LogP contribution in [0.4, 0.5) is 5.95 Å². The van der Waals surface area contributed by atoms with Gasteiger partial charge in [-0.2, -0.15) is 5.26 Å². The molecule has 0 saturated heterocycles. The number of anilines is 1. The van der Waals surface area contributed by atoms with Gasteiger partial charge < -0.3 is 16.4 Å². The maximum atomic E-state index is 9.35. The van der Waals surface area contributed by atoms with Gasteiger partial charge in [-0.25, -0.2) is 9.97 Å². The van der Waals surface area contributed by atoms with Gasteiger partial charge in [-0.3, -0.25) is 0 Å². The lowest BCUT2D eigenvalue weighted by Gasteiger charge is -2.07. The highest BCUT2D eigenvalue weighted by Crippen LogP contribution is 2.30. The molecule has 1 aliphatic rings. The largest absolute Gasteiger partial charge is 0.354 e. The van der Waals surface area contributed by atoms with Crippen molar-refractivity contribution in [1.82, 2.24) is 15.3 Å². The Hall–Kier alpha value is -2.04. The van der Waals surface area contributed by atoms with E-state index in [1.807, 2.05) is 12.3 Å². The third kappa shape index (κ3) is 3.50. The number of hydrogen-bond acceptors (Lipinski definition) is 7. The Morgan fingerprint density at radius 3 is 3.10 bits per heavy atom. The van der Waals surface area contributed by atoms with Crippen LogP contribution in [0.15, 0.2) is 28.4 Å². The normalized spacial score (nSPS) is 16.1. The number of thioether (sulfide) groups is 1.